The van der Waals surface area contributed by atoms with Crippen LogP contribution in [0.2, 0.25) is 0 Å². The maximum Gasteiger partial charge on any atom is 0.230 e. The summed E-state index contributed by atoms with van der Waals surface area (Å²) >= 11 is 0. The lowest BCUT2D eigenvalue weighted by atomic mass is 9.84. The molecule has 0 radical (unpaired) electrons. The highest BCUT2D eigenvalue weighted by molar-refractivity contribution is 5.85. The molecule has 1 aliphatic heterocycles. The summed E-state index contributed by atoms with van der Waals surface area (Å²) in [6, 6.07) is 0. The molecular formula is C13H25ClN2O2. The van der Waals surface area contributed by atoms with Gasteiger partial charge in [0.05, 0.1) is 11.5 Å². The normalized spacial score (nSPS) is 27.4. The van der Waals surface area contributed by atoms with Gasteiger partial charge in [0, 0.05) is 26.2 Å². The SMILES string of the molecule is CC1CN(C(=O)C2(CN)CCCC2)CCCO1.Cl. The predicted octanol–water partition coefficient (Wildman–Crippen LogP) is 1.56. The van der Waals surface area contributed by atoms with Gasteiger partial charge in [-0.3, -0.25) is 4.79 Å². The molecule has 1 saturated heterocycles. The maximum absolute atomic E-state index is 12.6. The smallest absolute Gasteiger partial charge is 0.230 e. The fourth-order valence-electron chi connectivity index (χ4n) is 3.07. The molecule has 1 heterocycles. The number of carbonyl (C=O) groups excluding carboxylic acids is 1. The van der Waals surface area contributed by atoms with E-state index in [-0.39, 0.29) is 29.8 Å². The van der Waals surface area contributed by atoms with Crippen molar-refractivity contribution in [1.82, 2.24) is 4.90 Å². The summed E-state index contributed by atoms with van der Waals surface area (Å²) in [5.74, 6) is 0.273. The second-order valence-corrected chi connectivity index (χ2v) is 5.48. The molecule has 0 aromatic carbocycles. The van der Waals surface area contributed by atoms with Crippen LogP contribution >= 0.6 is 12.4 Å². The number of carbonyl (C=O) groups is 1. The molecule has 2 rings (SSSR count). The van der Waals surface area contributed by atoms with Gasteiger partial charge in [0.1, 0.15) is 0 Å². The van der Waals surface area contributed by atoms with Gasteiger partial charge in [-0.1, -0.05) is 12.8 Å². The molecule has 18 heavy (non-hydrogen) atoms. The Kier molecular flexibility index (Phi) is 5.89. The van der Waals surface area contributed by atoms with Crippen molar-refractivity contribution in [3.63, 3.8) is 0 Å². The Bertz CT molecular complexity index is 280. The lowest BCUT2D eigenvalue weighted by molar-refractivity contribution is -0.142. The van der Waals surface area contributed by atoms with E-state index in [1.807, 2.05) is 11.8 Å². The van der Waals surface area contributed by atoms with Gasteiger partial charge in [0.2, 0.25) is 5.91 Å². The average Bonchev–Trinajstić information content (AvgIpc) is 2.72. The first-order valence-electron chi connectivity index (χ1n) is 6.79. The van der Waals surface area contributed by atoms with Crippen molar-refractivity contribution in [2.24, 2.45) is 11.1 Å². The molecule has 1 aliphatic carbocycles. The summed E-state index contributed by atoms with van der Waals surface area (Å²) in [5.41, 5.74) is 5.61. The van der Waals surface area contributed by atoms with Crippen LogP contribution in [0.15, 0.2) is 0 Å². The molecule has 1 unspecified atom stereocenters. The highest BCUT2D eigenvalue weighted by atomic mass is 35.5. The van der Waals surface area contributed by atoms with Gasteiger partial charge in [-0.2, -0.15) is 0 Å². The van der Waals surface area contributed by atoms with E-state index in [9.17, 15) is 4.79 Å². The van der Waals surface area contributed by atoms with Crippen LogP contribution in [-0.2, 0) is 9.53 Å². The van der Waals surface area contributed by atoms with Gasteiger partial charge in [0.15, 0.2) is 0 Å². The number of nitrogens with two attached hydrogens (primary N) is 1. The van der Waals surface area contributed by atoms with Gasteiger partial charge in [-0.25, -0.2) is 0 Å². The van der Waals surface area contributed by atoms with Crippen LogP contribution in [0.3, 0.4) is 0 Å². The number of nitrogens with zero attached hydrogens (tertiary/aromatic N) is 1. The van der Waals surface area contributed by atoms with Gasteiger partial charge in [-0.15, -0.1) is 12.4 Å². The molecule has 2 aliphatic rings. The van der Waals surface area contributed by atoms with Crippen molar-refractivity contribution < 1.29 is 9.53 Å². The summed E-state index contributed by atoms with van der Waals surface area (Å²) in [6.45, 7) is 4.85. The minimum Gasteiger partial charge on any atom is -0.377 e. The Balaban J connectivity index is 0.00000162. The van der Waals surface area contributed by atoms with Crippen LogP contribution < -0.4 is 5.73 Å². The van der Waals surface area contributed by atoms with Crippen LogP contribution in [0, 0.1) is 5.41 Å². The lowest BCUT2D eigenvalue weighted by Gasteiger charge is -2.33. The van der Waals surface area contributed by atoms with Gasteiger partial charge in [0.25, 0.3) is 0 Å². The molecule has 5 heteroatoms. The number of halogens is 1. The van der Waals surface area contributed by atoms with Crippen LogP contribution in [0.4, 0.5) is 0 Å². The third kappa shape index (κ3) is 3.16. The zero-order chi connectivity index (χ0) is 12.3. The third-order valence-electron chi connectivity index (χ3n) is 4.14. The van der Waals surface area contributed by atoms with Crippen LogP contribution in [0.25, 0.3) is 0 Å². The second kappa shape index (κ2) is 6.73. The third-order valence-corrected chi connectivity index (χ3v) is 4.14. The maximum atomic E-state index is 12.6. The highest BCUT2D eigenvalue weighted by Gasteiger charge is 2.42. The van der Waals surface area contributed by atoms with E-state index in [0.717, 1.165) is 51.8 Å². The molecule has 106 valence electrons. The molecule has 0 bridgehead atoms. The molecular weight excluding hydrogens is 252 g/mol. The average molecular weight is 277 g/mol. The molecule has 1 amide bonds. The molecule has 2 fully saturated rings. The lowest BCUT2D eigenvalue weighted by Crippen LogP contribution is -2.48. The number of amides is 1. The summed E-state index contributed by atoms with van der Waals surface area (Å²) in [6.07, 6.45) is 5.31. The van der Waals surface area contributed by atoms with Crippen molar-refractivity contribution in [2.75, 3.05) is 26.2 Å². The van der Waals surface area contributed by atoms with Crippen molar-refractivity contribution in [3.8, 4) is 0 Å². The number of hydrogen-bond donors (Lipinski definition) is 1. The molecule has 2 N–H and O–H groups in total. The highest BCUT2D eigenvalue weighted by Crippen LogP contribution is 2.39. The molecule has 0 aromatic heterocycles. The quantitative estimate of drug-likeness (QED) is 0.833. The first-order valence-corrected chi connectivity index (χ1v) is 6.79. The first-order chi connectivity index (χ1) is 8.18. The largest absolute Gasteiger partial charge is 0.377 e. The molecule has 1 atom stereocenters. The van der Waals surface area contributed by atoms with Crippen molar-refractivity contribution in [2.45, 2.75) is 45.1 Å². The Morgan fingerprint density at radius 3 is 2.67 bits per heavy atom. The Morgan fingerprint density at radius 2 is 2.06 bits per heavy atom. The molecule has 0 spiro atoms. The molecule has 1 saturated carbocycles. The number of hydrogen-bond acceptors (Lipinski definition) is 3. The first kappa shape index (κ1) is 15.7. The fraction of sp³-hybridized carbons (Fsp3) is 0.923. The fourth-order valence-corrected chi connectivity index (χ4v) is 3.07. The number of rotatable bonds is 2. The minimum absolute atomic E-state index is 0. The zero-order valence-corrected chi connectivity index (χ0v) is 12.0. The van der Waals surface area contributed by atoms with E-state index in [1.165, 1.54) is 0 Å². The van der Waals surface area contributed by atoms with Crippen LogP contribution in [-0.4, -0.2) is 43.2 Å². The number of ether oxygens (including phenoxy) is 1. The zero-order valence-electron chi connectivity index (χ0n) is 11.2. The van der Waals surface area contributed by atoms with E-state index in [1.54, 1.807) is 0 Å². The van der Waals surface area contributed by atoms with Crippen molar-refractivity contribution in [3.05, 3.63) is 0 Å². The minimum atomic E-state index is -0.260. The summed E-state index contributed by atoms with van der Waals surface area (Å²) in [7, 11) is 0. The standard InChI is InChI=1S/C13H24N2O2.ClH/c1-11-9-15(7-4-8-17-11)12(16)13(10-14)5-2-3-6-13;/h11H,2-10,14H2,1H3;1H. The monoisotopic (exact) mass is 276 g/mol. The van der Waals surface area contributed by atoms with E-state index in [4.69, 9.17) is 10.5 Å². The van der Waals surface area contributed by atoms with Crippen molar-refractivity contribution in [1.29, 1.82) is 0 Å². The summed E-state index contributed by atoms with van der Waals surface area (Å²) < 4.78 is 5.59. The van der Waals surface area contributed by atoms with E-state index in [2.05, 4.69) is 0 Å². The summed E-state index contributed by atoms with van der Waals surface area (Å²) in [4.78, 5) is 14.6. The topological polar surface area (TPSA) is 55.6 Å². The van der Waals surface area contributed by atoms with Gasteiger partial charge >= 0.3 is 0 Å². The molecule has 4 nitrogen and oxygen atoms in total. The van der Waals surface area contributed by atoms with E-state index < -0.39 is 0 Å². The predicted molar refractivity (Wildman–Crippen MR) is 73.8 cm³/mol. The van der Waals surface area contributed by atoms with E-state index >= 15 is 0 Å². The molecule has 0 aromatic rings. The van der Waals surface area contributed by atoms with Crippen molar-refractivity contribution >= 4 is 18.3 Å². The van der Waals surface area contributed by atoms with Crippen LogP contribution in [0.5, 0.6) is 0 Å². The van der Waals surface area contributed by atoms with Gasteiger partial charge < -0.3 is 15.4 Å². The Hall–Kier alpha value is -0.320. The Morgan fingerprint density at radius 1 is 1.39 bits per heavy atom. The summed E-state index contributed by atoms with van der Waals surface area (Å²) in [5, 5.41) is 0. The second-order valence-electron chi connectivity index (χ2n) is 5.48. The van der Waals surface area contributed by atoms with Gasteiger partial charge in [-0.05, 0) is 26.2 Å². The van der Waals surface area contributed by atoms with Crippen LogP contribution in [0.1, 0.15) is 39.0 Å². The van der Waals surface area contributed by atoms with E-state index in [0.29, 0.717) is 6.54 Å². The Labute approximate surface area is 116 Å².